The van der Waals surface area contributed by atoms with Gasteiger partial charge in [0.25, 0.3) is 0 Å². The summed E-state index contributed by atoms with van der Waals surface area (Å²) < 4.78 is 10.4. The molecule has 1 aliphatic carbocycles. The van der Waals surface area contributed by atoms with Gasteiger partial charge in [-0.3, -0.25) is 10.1 Å². The van der Waals surface area contributed by atoms with Gasteiger partial charge in [-0.15, -0.1) is 0 Å². The van der Waals surface area contributed by atoms with E-state index in [0.29, 0.717) is 25.5 Å². The van der Waals surface area contributed by atoms with E-state index in [9.17, 15) is 4.79 Å². The Hall–Kier alpha value is -0.610. The van der Waals surface area contributed by atoms with Crippen LogP contribution in [0.5, 0.6) is 0 Å². The van der Waals surface area contributed by atoms with E-state index in [1.807, 2.05) is 6.92 Å². The predicted molar refractivity (Wildman–Crippen MR) is 62.3 cm³/mol. The summed E-state index contributed by atoms with van der Waals surface area (Å²) in [6, 6.07) is 0.321. The molecule has 1 saturated carbocycles. The van der Waals surface area contributed by atoms with E-state index in [-0.39, 0.29) is 12.1 Å². The Balaban J connectivity index is 2.60. The molecule has 1 atom stereocenters. The van der Waals surface area contributed by atoms with Gasteiger partial charge in [-0.1, -0.05) is 6.92 Å². The summed E-state index contributed by atoms with van der Waals surface area (Å²) in [6.45, 7) is 6.45. The van der Waals surface area contributed by atoms with Crippen LogP contribution in [-0.4, -0.2) is 37.4 Å². The van der Waals surface area contributed by atoms with Crippen LogP contribution in [0.3, 0.4) is 0 Å². The number of nitrogens with one attached hydrogen (secondary N) is 1. The van der Waals surface area contributed by atoms with Crippen LogP contribution in [0, 0.1) is 0 Å². The zero-order valence-corrected chi connectivity index (χ0v) is 10.7. The van der Waals surface area contributed by atoms with Crippen molar-refractivity contribution in [2.75, 3.05) is 13.7 Å². The monoisotopic (exact) mass is 229 g/mol. The minimum atomic E-state index is -0.508. The molecule has 0 saturated heterocycles. The van der Waals surface area contributed by atoms with Crippen LogP contribution in [0.15, 0.2) is 0 Å². The van der Waals surface area contributed by atoms with E-state index in [4.69, 9.17) is 9.47 Å². The molecule has 0 aromatic carbocycles. The maximum atomic E-state index is 11.9. The van der Waals surface area contributed by atoms with Crippen molar-refractivity contribution in [3.63, 3.8) is 0 Å². The topological polar surface area (TPSA) is 47.6 Å². The van der Waals surface area contributed by atoms with Gasteiger partial charge >= 0.3 is 5.97 Å². The fourth-order valence-corrected chi connectivity index (χ4v) is 2.07. The average molecular weight is 229 g/mol. The molecule has 1 N–H and O–H groups in total. The number of hydrogen-bond donors (Lipinski definition) is 1. The second-order valence-corrected chi connectivity index (χ2v) is 4.52. The maximum absolute atomic E-state index is 11.9. The molecule has 94 valence electrons. The minimum absolute atomic E-state index is 0.136. The standard InChI is InChI=1S/C12H23NO3/c1-5-9(3)13-12(11(14)16-6-2)7-10(8-12)15-4/h9-10,13H,5-8H2,1-4H3. The van der Waals surface area contributed by atoms with Crippen LogP contribution in [0.1, 0.15) is 40.0 Å². The summed E-state index contributed by atoms with van der Waals surface area (Å²) in [7, 11) is 1.68. The lowest BCUT2D eigenvalue weighted by atomic mass is 9.73. The molecule has 4 heteroatoms. The van der Waals surface area contributed by atoms with Crippen molar-refractivity contribution in [3.05, 3.63) is 0 Å². The zero-order valence-electron chi connectivity index (χ0n) is 10.7. The number of methoxy groups -OCH3 is 1. The molecule has 0 amide bonds. The third kappa shape index (κ3) is 2.74. The Bertz CT molecular complexity index is 236. The lowest BCUT2D eigenvalue weighted by molar-refractivity contribution is -0.163. The van der Waals surface area contributed by atoms with Gasteiger partial charge in [0.15, 0.2) is 0 Å². The van der Waals surface area contributed by atoms with Crippen LogP contribution >= 0.6 is 0 Å². The van der Waals surface area contributed by atoms with Crippen molar-refractivity contribution in [2.24, 2.45) is 0 Å². The lowest BCUT2D eigenvalue weighted by Crippen LogP contribution is -2.65. The Labute approximate surface area is 97.7 Å². The van der Waals surface area contributed by atoms with Gasteiger partial charge < -0.3 is 9.47 Å². The summed E-state index contributed by atoms with van der Waals surface area (Å²) in [5.41, 5.74) is -0.508. The Kier molecular flexibility index (Phi) is 4.74. The molecule has 0 aromatic heterocycles. The van der Waals surface area contributed by atoms with Gasteiger partial charge in [-0.25, -0.2) is 0 Å². The molecule has 1 unspecified atom stereocenters. The molecule has 0 radical (unpaired) electrons. The van der Waals surface area contributed by atoms with Crippen LogP contribution in [0.4, 0.5) is 0 Å². The molecular weight excluding hydrogens is 206 g/mol. The lowest BCUT2D eigenvalue weighted by Gasteiger charge is -2.46. The van der Waals surface area contributed by atoms with Crippen molar-refractivity contribution in [1.29, 1.82) is 0 Å². The first kappa shape index (κ1) is 13.5. The molecule has 0 bridgehead atoms. The van der Waals surface area contributed by atoms with Crippen LogP contribution < -0.4 is 5.32 Å². The zero-order chi connectivity index (χ0) is 12.2. The van der Waals surface area contributed by atoms with Crippen LogP contribution in [0.2, 0.25) is 0 Å². The highest BCUT2D eigenvalue weighted by molar-refractivity contribution is 5.82. The van der Waals surface area contributed by atoms with Crippen LogP contribution in [-0.2, 0) is 14.3 Å². The third-order valence-electron chi connectivity index (χ3n) is 3.29. The highest BCUT2D eigenvalue weighted by atomic mass is 16.5. The summed E-state index contributed by atoms with van der Waals surface area (Å²) in [4.78, 5) is 11.9. The molecule has 0 aromatic rings. The highest BCUT2D eigenvalue weighted by Crippen LogP contribution is 2.36. The molecular formula is C12H23NO3. The van der Waals surface area contributed by atoms with E-state index in [1.165, 1.54) is 0 Å². The fourth-order valence-electron chi connectivity index (χ4n) is 2.07. The molecule has 0 spiro atoms. The van der Waals surface area contributed by atoms with E-state index in [1.54, 1.807) is 7.11 Å². The van der Waals surface area contributed by atoms with Crippen molar-refractivity contribution in [3.8, 4) is 0 Å². The van der Waals surface area contributed by atoms with Gasteiger partial charge in [0.05, 0.1) is 12.7 Å². The quantitative estimate of drug-likeness (QED) is 0.701. The van der Waals surface area contributed by atoms with E-state index in [2.05, 4.69) is 19.2 Å². The maximum Gasteiger partial charge on any atom is 0.326 e. The predicted octanol–water partition coefficient (Wildman–Crippen LogP) is 1.49. The number of hydrogen-bond acceptors (Lipinski definition) is 4. The summed E-state index contributed by atoms with van der Waals surface area (Å²) in [5, 5.41) is 3.37. The first-order chi connectivity index (χ1) is 7.57. The summed E-state index contributed by atoms with van der Waals surface area (Å²) in [6.07, 6.45) is 2.61. The normalized spacial score (nSPS) is 30.6. The highest BCUT2D eigenvalue weighted by Gasteiger charge is 2.52. The number of carbonyl (C=O) groups excluding carboxylic acids is 1. The first-order valence-corrected chi connectivity index (χ1v) is 6.05. The second-order valence-electron chi connectivity index (χ2n) is 4.52. The second kappa shape index (κ2) is 5.64. The van der Waals surface area contributed by atoms with Crippen molar-refractivity contribution in [2.45, 2.75) is 57.7 Å². The average Bonchev–Trinajstić information content (AvgIpc) is 2.22. The van der Waals surface area contributed by atoms with Gasteiger partial charge in [-0.05, 0) is 20.3 Å². The van der Waals surface area contributed by atoms with E-state index in [0.717, 1.165) is 6.42 Å². The van der Waals surface area contributed by atoms with Gasteiger partial charge in [0.2, 0.25) is 0 Å². The Morgan fingerprint density at radius 1 is 1.50 bits per heavy atom. The van der Waals surface area contributed by atoms with Crippen LogP contribution in [0.25, 0.3) is 0 Å². The van der Waals surface area contributed by atoms with Gasteiger partial charge in [0, 0.05) is 26.0 Å². The van der Waals surface area contributed by atoms with Gasteiger partial charge in [-0.2, -0.15) is 0 Å². The Morgan fingerprint density at radius 2 is 2.12 bits per heavy atom. The van der Waals surface area contributed by atoms with E-state index < -0.39 is 5.54 Å². The first-order valence-electron chi connectivity index (χ1n) is 6.05. The Morgan fingerprint density at radius 3 is 2.56 bits per heavy atom. The van der Waals surface area contributed by atoms with Crippen molar-refractivity contribution < 1.29 is 14.3 Å². The molecule has 0 aliphatic heterocycles. The molecule has 4 nitrogen and oxygen atoms in total. The van der Waals surface area contributed by atoms with Crippen molar-refractivity contribution >= 4 is 5.97 Å². The molecule has 1 rings (SSSR count). The third-order valence-corrected chi connectivity index (χ3v) is 3.29. The SMILES string of the molecule is CCOC(=O)C1(NC(C)CC)CC(OC)C1. The smallest absolute Gasteiger partial charge is 0.326 e. The number of rotatable bonds is 6. The fraction of sp³-hybridized carbons (Fsp3) is 0.917. The minimum Gasteiger partial charge on any atom is -0.465 e. The number of ether oxygens (including phenoxy) is 2. The molecule has 0 heterocycles. The summed E-state index contributed by atoms with van der Waals surface area (Å²) >= 11 is 0. The number of esters is 1. The summed E-state index contributed by atoms with van der Waals surface area (Å²) in [5.74, 6) is -0.136. The van der Waals surface area contributed by atoms with E-state index >= 15 is 0 Å². The molecule has 1 fully saturated rings. The largest absolute Gasteiger partial charge is 0.465 e. The molecule has 16 heavy (non-hydrogen) atoms. The van der Waals surface area contributed by atoms with Crippen molar-refractivity contribution in [1.82, 2.24) is 5.32 Å². The molecule has 1 aliphatic rings. The number of carbonyl (C=O) groups is 1. The van der Waals surface area contributed by atoms with Gasteiger partial charge in [0.1, 0.15) is 5.54 Å².